The van der Waals surface area contributed by atoms with E-state index in [9.17, 15) is 0 Å². The van der Waals surface area contributed by atoms with Gasteiger partial charge in [0.15, 0.2) is 0 Å². The van der Waals surface area contributed by atoms with Crippen LogP contribution in [0.3, 0.4) is 0 Å². The molecule has 20 heavy (non-hydrogen) atoms. The Morgan fingerprint density at radius 1 is 1.45 bits per heavy atom. The molecule has 4 nitrogen and oxygen atoms in total. The van der Waals surface area contributed by atoms with E-state index in [4.69, 9.17) is 9.47 Å². The summed E-state index contributed by atoms with van der Waals surface area (Å²) in [6.45, 7) is 7.51. The third kappa shape index (κ3) is 5.12. The van der Waals surface area contributed by atoms with E-state index in [1.807, 2.05) is 6.07 Å². The molecule has 1 aromatic rings. The van der Waals surface area contributed by atoms with Crippen LogP contribution in [0.4, 0.5) is 0 Å². The van der Waals surface area contributed by atoms with Crippen LogP contribution in [0.2, 0.25) is 0 Å². The third-order valence-electron chi connectivity index (χ3n) is 3.34. The zero-order valence-corrected chi connectivity index (χ0v) is 12.6. The maximum Gasteiger partial charge on any atom is 0.119 e. The van der Waals surface area contributed by atoms with Crippen molar-refractivity contribution >= 4 is 0 Å². The molecule has 1 atom stereocenters. The Hall–Kier alpha value is -1.10. The van der Waals surface area contributed by atoms with Crippen molar-refractivity contribution in [2.24, 2.45) is 0 Å². The number of nitrogens with zero attached hydrogens (tertiary/aromatic N) is 1. The molecule has 112 valence electrons. The maximum atomic E-state index is 5.73. The minimum absolute atomic E-state index is 0.299. The Labute approximate surface area is 122 Å². The highest BCUT2D eigenvalue weighted by Gasteiger charge is 2.15. The van der Waals surface area contributed by atoms with E-state index in [0.29, 0.717) is 6.10 Å². The molecule has 1 unspecified atom stereocenters. The van der Waals surface area contributed by atoms with Crippen molar-refractivity contribution in [1.29, 1.82) is 0 Å². The van der Waals surface area contributed by atoms with E-state index in [1.165, 1.54) is 5.56 Å². The summed E-state index contributed by atoms with van der Waals surface area (Å²) >= 11 is 0. The average Bonchev–Trinajstić information content (AvgIpc) is 2.46. The fourth-order valence-electron chi connectivity index (χ4n) is 2.41. The normalized spacial score (nSPS) is 19.2. The van der Waals surface area contributed by atoms with E-state index < -0.39 is 0 Å². The second kappa shape index (κ2) is 8.25. The second-order valence-electron chi connectivity index (χ2n) is 5.39. The molecule has 2 rings (SSSR count). The number of benzene rings is 1. The lowest BCUT2D eigenvalue weighted by atomic mass is 10.2. The summed E-state index contributed by atoms with van der Waals surface area (Å²) in [5.41, 5.74) is 1.28. The van der Waals surface area contributed by atoms with Crippen LogP contribution in [-0.4, -0.2) is 50.9 Å². The standard InChI is InChI=1S/C16H26N2O2/c1-3-8-19-15-6-4-5-14(10-15)12-18(2)13-16-11-17-7-9-20-16/h4-6,10,16-17H,3,7-9,11-13H2,1-2H3. The number of ether oxygens (including phenoxy) is 2. The van der Waals surface area contributed by atoms with Gasteiger partial charge in [-0.25, -0.2) is 0 Å². The summed E-state index contributed by atoms with van der Waals surface area (Å²) in [5.74, 6) is 0.966. The molecule has 1 saturated heterocycles. The molecule has 0 aliphatic carbocycles. The highest BCUT2D eigenvalue weighted by Crippen LogP contribution is 2.15. The van der Waals surface area contributed by atoms with Crippen molar-refractivity contribution in [2.45, 2.75) is 26.0 Å². The quantitative estimate of drug-likeness (QED) is 0.826. The van der Waals surface area contributed by atoms with Crippen molar-refractivity contribution in [3.8, 4) is 5.75 Å². The maximum absolute atomic E-state index is 5.73. The first-order chi connectivity index (χ1) is 9.78. The summed E-state index contributed by atoms with van der Waals surface area (Å²) < 4.78 is 11.4. The van der Waals surface area contributed by atoms with Gasteiger partial charge < -0.3 is 14.8 Å². The van der Waals surface area contributed by atoms with Crippen LogP contribution in [0, 0.1) is 0 Å². The average molecular weight is 278 g/mol. The third-order valence-corrected chi connectivity index (χ3v) is 3.34. The van der Waals surface area contributed by atoms with Gasteiger partial charge in [-0.3, -0.25) is 4.90 Å². The minimum atomic E-state index is 0.299. The molecule has 1 aromatic carbocycles. The number of rotatable bonds is 7. The van der Waals surface area contributed by atoms with Crippen LogP contribution in [0.15, 0.2) is 24.3 Å². The Morgan fingerprint density at radius 3 is 3.10 bits per heavy atom. The highest BCUT2D eigenvalue weighted by molar-refractivity contribution is 5.28. The molecule has 1 fully saturated rings. The Morgan fingerprint density at radius 2 is 2.35 bits per heavy atom. The molecule has 0 spiro atoms. The minimum Gasteiger partial charge on any atom is -0.494 e. The predicted octanol–water partition coefficient (Wildman–Crippen LogP) is 1.90. The van der Waals surface area contributed by atoms with E-state index >= 15 is 0 Å². The lowest BCUT2D eigenvalue weighted by Gasteiger charge is -2.28. The van der Waals surface area contributed by atoms with Gasteiger partial charge in [0.1, 0.15) is 5.75 Å². The molecular weight excluding hydrogens is 252 g/mol. The molecule has 1 heterocycles. The van der Waals surface area contributed by atoms with Gasteiger partial charge in [0.25, 0.3) is 0 Å². The van der Waals surface area contributed by atoms with E-state index in [2.05, 4.69) is 42.4 Å². The van der Waals surface area contributed by atoms with Gasteiger partial charge in [0, 0.05) is 26.2 Å². The first-order valence-electron chi connectivity index (χ1n) is 7.50. The van der Waals surface area contributed by atoms with Gasteiger partial charge >= 0.3 is 0 Å². The van der Waals surface area contributed by atoms with Crippen LogP contribution >= 0.6 is 0 Å². The smallest absolute Gasteiger partial charge is 0.119 e. The van der Waals surface area contributed by atoms with Gasteiger partial charge in [-0.1, -0.05) is 19.1 Å². The number of hydrogen-bond donors (Lipinski definition) is 1. The molecule has 4 heteroatoms. The van der Waals surface area contributed by atoms with Crippen molar-refractivity contribution < 1.29 is 9.47 Å². The van der Waals surface area contributed by atoms with Gasteiger partial charge in [0.2, 0.25) is 0 Å². The highest BCUT2D eigenvalue weighted by atomic mass is 16.5. The number of morpholine rings is 1. The summed E-state index contributed by atoms with van der Waals surface area (Å²) in [5, 5.41) is 3.36. The topological polar surface area (TPSA) is 33.7 Å². The zero-order chi connectivity index (χ0) is 14.2. The largest absolute Gasteiger partial charge is 0.494 e. The van der Waals surface area contributed by atoms with Crippen molar-refractivity contribution in [3.05, 3.63) is 29.8 Å². The molecule has 0 saturated carbocycles. The molecule has 0 aromatic heterocycles. The van der Waals surface area contributed by atoms with E-state index in [-0.39, 0.29) is 0 Å². The van der Waals surface area contributed by atoms with Crippen molar-refractivity contribution in [1.82, 2.24) is 10.2 Å². The monoisotopic (exact) mass is 278 g/mol. The first-order valence-corrected chi connectivity index (χ1v) is 7.50. The summed E-state index contributed by atoms with van der Waals surface area (Å²) in [6, 6.07) is 8.36. The number of likely N-dealkylation sites (N-methyl/N-ethyl adjacent to an activating group) is 1. The molecule has 0 bridgehead atoms. The lowest BCUT2D eigenvalue weighted by molar-refractivity contribution is 0.00884. The lowest BCUT2D eigenvalue weighted by Crippen LogP contribution is -2.44. The molecule has 1 aliphatic heterocycles. The SMILES string of the molecule is CCCOc1cccc(CN(C)CC2CNCCO2)c1. The van der Waals surface area contributed by atoms with E-state index in [0.717, 1.165) is 51.6 Å². The van der Waals surface area contributed by atoms with Crippen LogP contribution in [0.5, 0.6) is 5.75 Å². The first kappa shape index (κ1) is 15.3. The van der Waals surface area contributed by atoms with Crippen LogP contribution in [0.25, 0.3) is 0 Å². The summed E-state index contributed by atoms with van der Waals surface area (Å²) in [6.07, 6.45) is 1.34. The van der Waals surface area contributed by atoms with Crippen molar-refractivity contribution in [2.75, 3.05) is 39.9 Å². The van der Waals surface area contributed by atoms with Gasteiger partial charge in [0.05, 0.1) is 19.3 Å². The van der Waals surface area contributed by atoms with Crippen molar-refractivity contribution in [3.63, 3.8) is 0 Å². The van der Waals surface area contributed by atoms with Crippen LogP contribution in [0.1, 0.15) is 18.9 Å². The van der Waals surface area contributed by atoms with E-state index in [1.54, 1.807) is 0 Å². The van der Waals surface area contributed by atoms with Gasteiger partial charge in [-0.05, 0) is 31.2 Å². The number of nitrogens with one attached hydrogen (secondary N) is 1. The molecule has 1 N–H and O–H groups in total. The second-order valence-corrected chi connectivity index (χ2v) is 5.39. The molecule has 1 aliphatic rings. The van der Waals surface area contributed by atoms with Crippen LogP contribution in [-0.2, 0) is 11.3 Å². The Bertz CT molecular complexity index is 392. The van der Waals surface area contributed by atoms with Crippen LogP contribution < -0.4 is 10.1 Å². The fourth-order valence-corrected chi connectivity index (χ4v) is 2.41. The summed E-state index contributed by atoms with van der Waals surface area (Å²) in [7, 11) is 2.14. The molecular formula is C16H26N2O2. The molecule has 0 radical (unpaired) electrons. The molecule has 0 amide bonds. The Balaban J connectivity index is 1.81. The fraction of sp³-hybridized carbons (Fsp3) is 0.625. The number of hydrogen-bond acceptors (Lipinski definition) is 4. The van der Waals surface area contributed by atoms with Gasteiger partial charge in [-0.2, -0.15) is 0 Å². The Kier molecular flexibility index (Phi) is 6.30. The zero-order valence-electron chi connectivity index (χ0n) is 12.6. The summed E-state index contributed by atoms with van der Waals surface area (Å²) in [4.78, 5) is 2.30. The van der Waals surface area contributed by atoms with Gasteiger partial charge in [-0.15, -0.1) is 0 Å². The predicted molar refractivity (Wildman–Crippen MR) is 81.2 cm³/mol.